The summed E-state index contributed by atoms with van der Waals surface area (Å²) in [4.78, 5) is 12.5. The van der Waals surface area contributed by atoms with E-state index in [-0.39, 0.29) is 12.5 Å². The quantitative estimate of drug-likeness (QED) is 0.577. The van der Waals surface area contributed by atoms with Crippen LogP contribution in [-0.4, -0.2) is 29.9 Å². The third-order valence-corrected chi connectivity index (χ3v) is 3.29. The SMILES string of the molecule is Cc1ccc(SCCC(=O)NCCCO)cc1. The summed E-state index contributed by atoms with van der Waals surface area (Å²) in [7, 11) is 0. The van der Waals surface area contributed by atoms with E-state index in [0.717, 1.165) is 5.75 Å². The summed E-state index contributed by atoms with van der Waals surface area (Å²) < 4.78 is 0. The number of carbonyl (C=O) groups excluding carboxylic acids is 1. The molecule has 2 N–H and O–H groups in total. The summed E-state index contributed by atoms with van der Waals surface area (Å²) in [5.74, 6) is 0.839. The molecule has 0 unspecified atom stereocenters. The van der Waals surface area contributed by atoms with Crippen LogP contribution in [0.25, 0.3) is 0 Å². The highest BCUT2D eigenvalue weighted by Crippen LogP contribution is 2.18. The van der Waals surface area contributed by atoms with Crippen molar-refractivity contribution in [2.75, 3.05) is 18.9 Å². The maximum absolute atomic E-state index is 11.4. The van der Waals surface area contributed by atoms with E-state index in [0.29, 0.717) is 19.4 Å². The highest BCUT2D eigenvalue weighted by molar-refractivity contribution is 7.99. The Balaban J connectivity index is 2.14. The van der Waals surface area contributed by atoms with Gasteiger partial charge in [-0.05, 0) is 25.5 Å². The zero-order valence-electron chi connectivity index (χ0n) is 10.1. The molecule has 0 radical (unpaired) electrons. The summed E-state index contributed by atoms with van der Waals surface area (Å²) in [6.07, 6.45) is 1.14. The van der Waals surface area contributed by atoms with E-state index >= 15 is 0 Å². The fourth-order valence-electron chi connectivity index (χ4n) is 1.29. The van der Waals surface area contributed by atoms with Gasteiger partial charge in [0.15, 0.2) is 0 Å². The summed E-state index contributed by atoms with van der Waals surface area (Å²) >= 11 is 1.69. The maximum atomic E-state index is 11.4. The molecule has 0 spiro atoms. The van der Waals surface area contributed by atoms with Crippen molar-refractivity contribution in [1.82, 2.24) is 5.32 Å². The molecule has 1 amide bonds. The van der Waals surface area contributed by atoms with E-state index in [1.165, 1.54) is 10.5 Å². The Labute approximate surface area is 107 Å². The van der Waals surface area contributed by atoms with E-state index in [9.17, 15) is 4.79 Å². The summed E-state index contributed by atoms with van der Waals surface area (Å²) in [6, 6.07) is 8.29. The smallest absolute Gasteiger partial charge is 0.220 e. The highest BCUT2D eigenvalue weighted by atomic mass is 32.2. The first-order valence-electron chi connectivity index (χ1n) is 5.79. The summed E-state index contributed by atoms with van der Waals surface area (Å²) in [6.45, 7) is 2.74. The van der Waals surface area contributed by atoms with E-state index in [2.05, 4.69) is 36.5 Å². The second-order valence-electron chi connectivity index (χ2n) is 3.84. The first-order chi connectivity index (χ1) is 8.22. The standard InChI is InChI=1S/C13H19NO2S/c1-11-3-5-12(6-4-11)17-10-7-13(16)14-8-2-9-15/h3-6,15H,2,7-10H2,1H3,(H,14,16). The monoisotopic (exact) mass is 253 g/mol. The topological polar surface area (TPSA) is 49.3 Å². The summed E-state index contributed by atoms with van der Waals surface area (Å²) in [5.41, 5.74) is 1.25. The van der Waals surface area contributed by atoms with Crippen LogP contribution in [0.15, 0.2) is 29.2 Å². The average Bonchev–Trinajstić information content (AvgIpc) is 2.32. The van der Waals surface area contributed by atoms with Gasteiger partial charge in [0, 0.05) is 30.2 Å². The van der Waals surface area contributed by atoms with Crippen LogP contribution in [0.3, 0.4) is 0 Å². The number of hydrogen-bond donors (Lipinski definition) is 2. The molecule has 1 rings (SSSR count). The van der Waals surface area contributed by atoms with Crippen LogP contribution in [0.4, 0.5) is 0 Å². The molecule has 3 nitrogen and oxygen atoms in total. The third-order valence-electron chi connectivity index (χ3n) is 2.28. The minimum absolute atomic E-state index is 0.0538. The van der Waals surface area contributed by atoms with Gasteiger partial charge in [0.25, 0.3) is 0 Å². The van der Waals surface area contributed by atoms with Crippen LogP contribution in [-0.2, 0) is 4.79 Å². The van der Waals surface area contributed by atoms with Crippen LogP contribution in [0.2, 0.25) is 0 Å². The van der Waals surface area contributed by atoms with Gasteiger partial charge in [-0.1, -0.05) is 17.7 Å². The lowest BCUT2D eigenvalue weighted by Crippen LogP contribution is -2.25. The van der Waals surface area contributed by atoms with E-state index in [1.54, 1.807) is 11.8 Å². The Morgan fingerprint density at radius 1 is 1.35 bits per heavy atom. The molecule has 1 aromatic rings. The van der Waals surface area contributed by atoms with Gasteiger partial charge in [-0.3, -0.25) is 4.79 Å². The predicted molar refractivity (Wildman–Crippen MR) is 71.2 cm³/mol. The van der Waals surface area contributed by atoms with Crippen molar-refractivity contribution in [3.05, 3.63) is 29.8 Å². The molecular weight excluding hydrogens is 234 g/mol. The van der Waals surface area contributed by atoms with Crippen molar-refractivity contribution in [3.8, 4) is 0 Å². The van der Waals surface area contributed by atoms with Gasteiger partial charge >= 0.3 is 0 Å². The largest absolute Gasteiger partial charge is 0.396 e. The molecule has 1 aromatic carbocycles. The molecule has 94 valence electrons. The Hall–Kier alpha value is -1.00. The number of nitrogens with one attached hydrogen (secondary N) is 1. The molecule has 17 heavy (non-hydrogen) atoms. The van der Waals surface area contributed by atoms with Crippen molar-refractivity contribution >= 4 is 17.7 Å². The lowest BCUT2D eigenvalue weighted by Gasteiger charge is -2.04. The Kier molecular flexibility index (Phi) is 6.74. The molecular formula is C13H19NO2S. The van der Waals surface area contributed by atoms with Crippen molar-refractivity contribution in [2.24, 2.45) is 0 Å². The van der Waals surface area contributed by atoms with Gasteiger partial charge in [-0.2, -0.15) is 0 Å². The van der Waals surface area contributed by atoms with Crippen molar-refractivity contribution in [1.29, 1.82) is 0 Å². The fourth-order valence-corrected chi connectivity index (χ4v) is 2.14. The highest BCUT2D eigenvalue weighted by Gasteiger charge is 2.01. The Bertz CT molecular complexity index is 338. The van der Waals surface area contributed by atoms with Crippen LogP contribution >= 0.6 is 11.8 Å². The molecule has 0 aromatic heterocycles. The molecule has 0 saturated heterocycles. The number of amides is 1. The van der Waals surface area contributed by atoms with E-state index < -0.39 is 0 Å². The van der Waals surface area contributed by atoms with Crippen LogP contribution in [0.1, 0.15) is 18.4 Å². The van der Waals surface area contributed by atoms with Crippen LogP contribution in [0.5, 0.6) is 0 Å². The van der Waals surface area contributed by atoms with Crippen molar-refractivity contribution < 1.29 is 9.90 Å². The molecule has 0 heterocycles. The van der Waals surface area contributed by atoms with E-state index in [1.807, 2.05) is 0 Å². The lowest BCUT2D eigenvalue weighted by atomic mass is 10.2. The van der Waals surface area contributed by atoms with E-state index in [4.69, 9.17) is 5.11 Å². The number of aryl methyl sites for hydroxylation is 1. The minimum atomic E-state index is 0.0538. The Morgan fingerprint density at radius 2 is 2.06 bits per heavy atom. The molecule has 0 bridgehead atoms. The molecule has 0 fully saturated rings. The number of carbonyl (C=O) groups is 1. The molecule has 0 aliphatic heterocycles. The zero-order chi connectivity index (χ0) is 12.5. The number of aliphatic hydroxyl groups excluding tert-OH is 1. The van der Waals surface area contributed by atoms with Gasteiger partial charge in [0.1, 0.15) is 0 Å². The van der Waals surface area contributed by atoms with Crippen molar-refractivity contribution in [2.45, 2.75) is 24.7 Å². The fraction of sp³-hybridized carbons (Fsp3) is 0.462. The molecule has 4 heteroatoms. The second-order valence-corrected chi connectivity index (χ2v) is 5.01. The van der Waals surface area contributed by atoms with Crippen LogP contribution < -0.4 is 5.32 Å². The number of benzene rings is 1. The van der Waals surface area contributed by atoms with Gasteiger partial charge < -0.3 is 10.4 Å². The number of hydrogen-bond acceptors (Lipinski definition) is 3. The second kappa shape index (κ2) is 8.14. The number of aliphatic hydroxyl groups is 1. The number of rotatable bonds is 7. The normalized spacial score (nSPS) is 10.2. The lowest BCUT2D eigenvalue weighted by molar-refractivity contribution is -0.120. The molecule has 0 saturated carbocycles. The van der Waals surface area contributed by atoms with Crippen LogP contribution in [0, 0.1) is 6.92 Å². The minimum Gasteiger partial charge on any atom is -0.396 e. The first-order valence-corrected chi connectivity index (χ1v) is 6.78. The van der Waals surface area contributed by atoms with Gasteiger partial charge in [0.05, 0.1) is 0 Å². The van der Waals surface area contributed by atoms with Crippen molar-refractivity contribution in [3.63, 3.8) is 0 Å². The summed E-state index contributed by atoms with van der Waals surface area (Å²) in [5, 5.41) is 11.3. The molecule has 0 atom stereocenters. The number of thioether (sulfide) groups is 1. The molecule has 0 aliphatic carbocycles. The van der Waals surface area contributed by atoms with Gasteiger partial charge in [-0.25, -0.2) is 0 Å². The average molecular weight is 253 g/mol. The third kappa shape index (κ3) is 6.34. The maximum Gasteiger partial charge on any atom is 0.220 e. The first kappa shape index (κ1) is 14.1. The zero-order valence-corrected chi connectivity index (χ0v) is 10.9. The van der Waals surface area contributed by atoms with Gasteiger partial charge in [0.2, 0.25) is 5.91 Å². The Morgan fingerprint density at radius 3 is 2.71 bits per heavy atom. The molecule has 0 aliphatic rings. The predicted octanol–water partition coefficient (Wildman–Crippen LogP) is 1.98. The van der Waals surface area contributed by atoms with Gasteiger partial charge in [-0.15, -0.1) is 11.8 Å².